The van der Waals surface area contributed by atoms with Crippen LogP contribution in [0.3, 0.4) is 0 Å². The van der Waals surface area contributed by atoms with Crippen LogP contribution in [0.5, 0.6) is 0 Å². The lowest BCUT2D eigenvalue weighted by Gasteiger charge is -2.06. The van der Waals surface area contributed by atoms with Crippen LogP contribution in [0.1, 0.15) is 30.1 Å². The second-order valence-electron chi connectivity index (χ2n) is 4.84. The Morgan fingerprint density at radius 2 is 1.91 bits per heavy atom. The van der Waals surface area contributed by atoms with Crippen LogP contribution in [0.2, 0.25) is 0 Å². The molecule has 6 heteroatoms. The summed E-state index contributed by atoms with van der Waals surface area (Å²) in [5, 5.41) is 5.94. The summed E-state index contributed by atoms with van der Waals surface area (Å²) < 4.78 is 5.10. The minimum Gasteiger partial charge on any atom is -0.422 e. The first-order chi connectivity index (χ1) is 10.6. The molecule has 1 aromatic carbocycles. The number of para-hydroxylation sites is 1. The number of benzene rings is 1. The van der Waals surface area contributed by atoms with E-state index in [4.69, 9.17) is 4.42 Å². The lowest BCUT2D eigenvalue weighted by molar-refractivity contribution is -0.120. The SMILES string of the molecule is CCCNC(=O)CCNC(=O)c1cc2ccccc2oc1=O. The van der Waals surface area contributed by atoms with Gasteiger partial charge in [0.1, 0.15) is 11.1 Å². The minimum atomic E-state index is -0.688. The summed E-state index contributed by atoms with van der Waals surface area (Å²) in [5.41, 5.74) is -0.317. The van der Waals surface area contributed by atoms with Crippen LogP contribution in [0, 0.1) is 0 Å². The van der Waals surface area contributed by atoms with E-state index in [9.17, 15) is 14.4 Å². The van der Waals surface area contributed by atoms with E-state index in [1.807, 2.05) is 6.92 Å². The summed E-state index contributed by atoms with van der Waals surface area (Å²) in [7, 11) is 0. The molecule has 0 aliphatic carbocycles. The Bertz CT molecular complexity index is 736. The van der Waals surface area contributed by atoms with Crippen molar-refractivity contribution < 1.29 is 14.0 Å². The summed E-state index contributed by atoms with van der Waals surface area (Å²) in [5.74, 6) is -0.671. The molecule has 0 spiro atoms. The summed E-state index contributed by atoms with van der Waals surface area (Å²) in [4.78, 5) is 35.2. The highest BCUT2D eigenvalue weighted by Gasteiger charge is 2.13. The first-order valence-electron chi connectivity index (χ1n) is 7.19. The van der Waals surface area contributed by atoms with Crippen molar-refractivity contribution in [3.63, 3.8) is 0 Å². The minimum absolute atomic E-state index is 0.0623. The molecule has 0 aliphatic heterocycles. The first kappa shape index (κ1) is 15.8. The Morgan fingerprint density at radius 1 is 1.14 bits per heavy atom. The van der Waals surface area contributed by atoms with Gasteiger partial charge in [-0.1, -0.05) is 25.1 Å². The van der Waals surface area contributed by atoms with Crippen molar-refractivity contribution in [2.24, 2.45) is 0 Å². The van der Waals surface area contributed by atoms with Gasteiger partial charge in [0.2, 0.25) is 5.91 Å². The molecule has 116 valence electrons. The molecule has 2 rings (SSSR count). The van der Waals surface area contributed by atoms with Crippen molar-refractivity contribution in [2.45, 2.75) is 19.8 Å². The highest BCUT2D eigenvalue weighted by atomic mass is 16.4. The molecule has 0 saturated heterocycles. The second kappa shape index (κ2) is 7.40. The Hall–Kier alpha value is -2.63. The Kier molecular flexibility index (Phi) is 5.30. The van der Waals surface area contributed by atoms with E-state index in [1.54, 1.807) is 24.3 Å². The molecule has 22 heavy (non-hydrogen) atoms. The van der Waals surface area contributed by atoms with E-state index in [1.165, 1.54) is 6.07 Å². The van der Waals surface area contributed by atoms with Gasteiger partial charge in [-0.05, 0) is 18.6 Å². The average Bonchev–Trinajstić information content (AvgIpc) is 2.52. The lowest BCUT2D eigenvalue weighted by Crippen LogP contribution is -2.33. The Morgan fingerprint density at radius 3 is 2.68 bits per heavy atom. The maximum absolute atomic E-state index is 12.0. The molecular formula is C16H18N2O4. The van der Waals surface area contributed by atoms with Crippen molar-refractivity contribution >= 4 is 22.8 Å². The van der Waals surface area contributed by atoms with Gasteiger partial charge < -0.3 is 15.1 Å². The molecule has 0 saturated carbocycles. The predicted molar refractivity (Wildman–Crippen MR) is 82.7 cm³/mol. The number of fused-ring (bicyclic) bond motifs is 1. The van der Waals surface area contributed by atoms with Gasteiger partial charge in [0, 0.05) is 24.9 Å². The van der Waals surface area contributed by atoms with Crippen LogP contribution < -0.4 is 16.3 Å². The highest BCUT2D eigenvalue weighted by Crippen LogP contribution is 2.12. The topological polar surface area (TPSA) is 88.4 Å². The van der Waals surface area contributed by atoms with Crippen LogP contribution in [-0.4, -0.2) is 24.9 Å². The number of nitrogens with one attached hydrogen (secondary N) is 2. The van der Waals surface area contributed by atoms with Gasteiger partial charge >= 0.3 is 5.63 Å². The zero-order valence-electron chi connectivity index (χ0n) is 12.3. The van der Waals surface area contributed by atoms with E-state index in [-0.39, 0.29) is 24.4 Å². The molecule has 2 amide bonds. The molecular weight excluding hydrogens is 284 g/mol. The van der Waals surface area contributed by atoms with Gasteiger partial charge in [0.05, 0.1) is 0 Å². The number of hydrogen-bond donors (Lipinski definition) is 2. The standard InChI is InChI=1S/C16H18N2O4/c1-2-8-17-14(19)7-9-18-15(20)12-10-11-5-3-4-6-13(11)22-16(12)21/h3-6,10H,2,7-9H2,1H3,(H,17,19)(H,18,20). The molecule has 6 nitrogen and oxygen atoms in total. The van der Waals surface area contributed by atoms with Crippen molar-refractivity contribution in [3.8, 4) is 0 Å². The zero-order chi connectivity index (χ0) is 15.9. The fourth-order valence-electron chi connectivity index (χ4n) is 1.96. The van der Waals surface area contributed by atoms with E-state index in [0.29, 0.717) is 17.5 Å². The Labute approximate surface area is 127 Å². The summed E-state index contributed by atoms with van der Waals surface area (Å²) in [6.07, 6.45) is 1.03. The maximum Gasteiger partial charge on any atom is 0.349 e. The number of hydrogen-bond acceptors (Lipinski definition) is 4. The normalized spacial score (nSPS) is 10.4. The Balaban J connectivity index is 1.99. The summed E-state index contributed by atoms with van der Waals surface area (Å²) in [6, 6.07) is 8.46. The second-order valence-corrected chi connectivity index (χ2v) is 4.84. The number of rotatable bonds is 6. The monoisotopic (exact) mass is 302 g/mol. The number of carbonyl (C=O) groups is 2. The molecule has 0 atom stereocenters. The fraction of sp³-hybridized carbons (Fsp3) is 0.312. The molecule has 2 N–H and O–H groups in total. The van der Waals surface area contributed by atoms with Gasteiger partial charge in [-0.2, -0.15) is 0 Å². The van der Waals surface area contributed by atoms with Crippen molar-refractivity contribution in [1.82, 2.24) is 10.6 Å². The van der Waals surface area contributed by atoms with Crippen LogP contribution >= 0.6 is 0 Å². The van der Waals surface area contributed by atoms with Gasteiger partial charge in [-0.15, -0.1) is 0 Å². The van der Waals surface area contributed by atoms with E-state index in [2.05, 4.69) is 10.6 Å². The third-order valence-corrected chi connectivity index (χ3v) is 3.10. The smallest absolute Gasteiger partial charge is 0.349 e. The zero-order valence-corrected chi connectivity index (χ0v) is 12.3. The largest absolute Gasteiger partial charge is 0.422 e. The number of amides is 2. The quantitative estimate of drug-likeness (QED) is 0.790. The van der Waals surface area contributed by atoms with Crippen LogP contribution in [0.25, 0.3) is 11.0 Å². The van der Waals surface area contributed by atoms with Crippen molar-refractivity contribution in [3.05, 3.63) is 46.3 Å². The predicted octanol–water partition coefficient (Wildman–Crippen LogP) is 1.44. The van der Waals surface area contributed by atoms with E-state index in [0.717, 1.165) is 6.42 Å². The van der Waals surface area contributed by atoms with E-state index >= 15 is 0 Å². The fourth-order valence-corrected chi connectivity index (χ4v) is 1.96. The van der Waals surface area contributed by atoms with E-state index < -0.39 is 11.5 Å². The first-order valence-corrected chi connectivity index (χ1v) is 7.19. The van der Waals surface area contributed by atoms with Gasteiger partial charge in [-0.25, -0.2) is 4.79 Å². The number of carbonyl (C=O) groups excluding carboxylic acids is 2. The van der Waals surface area contributed by atoms with Gasteiger partial charge in [0.15, 0.2) is 0 Å². The van der Waals surface area contributed by atoms with Crippen LogP contribution in [0.15, 0.2) is 39.5 Å². The molecule has 0 unspecified atom stereocenters. The summed E-state index contributed by atoms with van der Waals surface area (Å²) in [6.45, 7) is 2.74. The van der Waals surface area contributed by atoms with Crippen LogP contribution in [-0.2, 0) is 4.79 Å². The highest BCUT2D eigenvalue weighted by molar-refractivity contribution is 5.96. The lowest BCUT2D eigenvalue weighted by atomic mass is 10.2. The molecule has 1 heterocycles. The summed E-state index contributed by atoms with van der Waals surface area (Å²) >= 11 is 0. The van der Waals surface area contributed by atoms with Gasteiger partial charge in [-0.3, -0.25) is 9.59 Å². The molecule has 2 aromatic rings. The van der Waals surface area contributed by atoms with Crippen LogP contribution in [0.4, 0.5) is 0 Å². The molecule has 0 aliphatic rings. The van der Waals surface area contributed by atoms with Crippen molar-refractivity contribution in [2.75, 3.05) is 13.1 Å². The molecule has 0 radical (unpaired) electrons. The third kappa shape index (κ3) is 3.94. The molecule has 0 fully saturated rings. The average molecular weight is 302 g/mol. The molecule has 0 bridgehead atoms. The third-order valence-electron chi connectivity index (χ3n) is 3.10. The van der Waals surface area contributed by atoms with Gasteiger partial charge in [0.25, 0.3) is 5.91 Å². The maximum atomic E-state index is 12.0. The van der Waals surface area contributed by atoms with Crippen molar-refractivity contribution in [1.29, 1.82) is 0 Å². The molecule has 1 aromatic heterocycles.